The predicted molar refractivity (Wildman–Crippen MR) is 121 cm³/mol. The molecule has 0 radical (unpaired) electrons. The monoisotopic (exact) mass is 410 g/mol. The smallest absolute Gasteiger partial charge is 0.338 e. The van der Waals surface area contributed by atoms with Crippen LogP contribution in [0.15, 0.2) is 83.7 Å². The highest BCUT2D eigenvalue weighted by Gasteiger charge is 2.25. The molecule has 0 saturated carbocycles. The molecule has 3 aromatic carbocycles. The molecule has 4 aromatic rings. The van der Waals surface area contributed by atoms with Crippen LogP contribution in [0.25, 0.3) is 16.5 Å². The Morgan fingerprint density at radius 3 is 2.23 bits per heavy atom. The number of hydrogen-bond donors (Lipinski definition) is 1. The lowest BCUT2D eigenvalue weighted by Crippen LogP contribution is -2.34. The highest BCUT2D eigenvalue weighted by atomic mass is 16.4. The molecule has 0 spiro atoms. The van der Waals surface area contributed by atoms with E-state index in [2.05, 4.69) is 17.0 Å². The minimum Gasteiger partial charge on any atom is -0.478 e. The molecule has 31 heavy (non-hydrogen) atoms. The van der Waals surface area contributed by atoms with Gasteiger partial charge in [0.15, 0.2) is 0 Å². The van der Waals surface area contributed by atoms with E-state index in [1.54, 1.807) is 28.8 Å². The van der Waals surface area contributed by atoms with Crippen LogP contribution in [0.1, 0.15) is 27.2 Å². The van der Waals surface area contributed by atoms with Gasteiger partial charge in [0.2, 0.25) is 0 Å². The molecule has 0 aliphatic carbocycles. The molecule has 1 N–H and O–H groups in total. The maximum atomic E-state index is 13.5. The zero-order valence-electron chi connectivity index (χ0n) is 17.0. The number of rotatable bonds is 4. The Labute approximate surface area is 179 Å². The van der Waals surface area contributed by atoms with Crippen molar-refractivity contribution in [1.29, 1.82) is 0 Å². The number of carboxylic acids is 1. The second kappa shape index (κ2) is 7.85. The van der Waals surface area contributed by atoms with E-state index in [1.165, 1.54) is 11.1 Å². The topological polar surface area (TPSA) is 62.5 Å². The molecule has 1 aliphatic heterocycles. The van der Waals surface area contributed by atoms with Gasteiger partial charge in [-0.2, -0.15) is 0 Å². The summed E-state index contributed by atoms with van der Waals surface area (Å²) in [4.78, 5) is 28.2. The van der Waals surface area contributed by atoms with Crippen molar-refractivity contribution in [2.24, 2.45) is 0 Å². The van der Waals surface area contributed by atoms with Crippen molar-refractivity contribution in [3.63, 3.8) is 0 Å². The Hall–Kier alpha value is -3.70. The quantitative estimate of drug-likeness (QED) is 0.546. The fourth-order valence-corrected chi connectivity index (χ4v) is 4.54. The number of aromatic carboxylic acids is 1. The molecular formula is C26H22N2O3. The molecule has 5 nitrogen and oxygen atoms in total. The van der Waals surface area contributed by atoms with Crippen LogP contribution in [0.3, 0.4) is 0 Å². The lowest BCUT2D eigenvalue weighted by molar-refractivity contribution is 0.0695. The third-order valence-corrected chi connectivity index (χ3v) is 6.00. The van der Waals surface area contributed by atoms with Crippen LogP contribution in [0.4, 0.5) is 0 Å². The first-order valence-electron chi connectivity index (χ1n) is 10.4. The SMILES string of the molecule is O=C(O)c1c(CN2CCc3ccccc3C2)n(-c2ccccc2)c(=O)c2ccccc12. The van der Waals surface area contributed by atoms with E-state index in [0.29, 0.717) is 28.7 Å². The summed E-state index contributed by atoms with van der Waals surface area (Å²) in [6, 6.07) is 24.6. The number of carbonyl (C=O) groups is 1. The largest absolute Gasteiger partial charge is 0.478 e. The van der Waals surface area contributed by atoms with E-state index in [1.807, 2.05) is 42.5 Å². The average molecular weight is 410 g/mol. The normalized spacial score (nSPS) is 13.8. The van der Waals surface area contributed by atoms with Gasteiger partial charge < -0.3 is 5.11 Å². The molecule has 0 unspecified atom stereocenters. The minimum absolute atomic E-state index is 0.193. The highest BCUT2D eigenvalue weighted by molar-refractivity contribution is 6.04. The predicted octanol–water partition coefficient (Wildman–Crippen LogP) is 4.25. The van der Waals surface area contributed by atoms with Crippen molar-refractivity contribution in [3.05, 3.63) is 112 Å². The maximum Gasteiger partial charge on any atom is 0.338 e. The molecule has 5 rings (SSSR count). The second-order valence-electron chi connectivity index (χ2n) is 7.88. The van der Waals surface area contributed by atoms with Crippen LogP contribution >= 0.6 is 0 Å². The van der Waals surface area contributed by atoms with Gasteiger partial charge in [-0.25, -0.2) is 4.79 Å². The molecule has 0 atom stereocenters. The number of aromatic nitrogens is 1. The number of hydrogen-bond acceptors (Lipinski definition) is 3. The van der Waals surface area contributed by atoms with Crippen molar-refractivity contribution >= 4 is 16.7 Å². The number of fused-ring (bicyclic) bond motifs is 2. The first-order chi connectivity index (χ1) is 15.1. The number of pyridine rings is 1. The van der Waals surface area contributed by atoms with Gasteiger partial charge >= 0.3 is 5.97 Å². The van der Waals surface area contributed by atoms with E-state index in [-0.39, 0.29) is 11.1 Å². The highest BCUT2D eigenvalue weighted by Crippen LogP contribution is 2.26. The molecule has 0 saturated heterocycles. The van der Waals surface area contributed by atoms with Crippen molar-refractivity contribution in [1.82, 2.24) is 9.47 Å². The summed E-state index contributed by atoms with van der Waals surface area (Å²) in [6.45, 7) is 1.92. The van der Waals surface area contributed by atoms with Crippen LogP contribution in [-0.2, 0) is 19.5 Å². The summed E-state index contributed by atoms with van der Waals surface area (Å²) in [7, 11) is 0. The number of carboxylic acid groups (broad SMARTS) is 1. The fraction of sp³-hybridized carbons (Fsp3) is 0.154. The second-order valence-corrected chi connectivity index (χ2v) is 7.88. The van der Waals surface area contributed by atoms with Gasteiger partial charge in [0.05, 0.1) is 11.3 Å². The number of nitrogens with zero attached hydrogens (tertiary/aromatic N) is 2. The minimum atomic E-state index is -1.02. The van der Waals surface area contributed by atoms with Crippen LogP contribution < -0.4 is 5.56 Å². The van der Waals surface area contributed by atoms with Crippen molar-refractivity contribution in [2.75, 3.05) is 6.54 Å². The number of benzene rings is 3. The molecule has 154 valence electrons. The van der Waals surface area contributed by atoms with E-state index in [4.69, 9.17) is 0 Å². The molecular weight excluding hydrogens is 388 g/mol. The van der Waals surface area contributed by atoms with Gasteiger partial charge in [-0.15, -0.1) is 0 Å². The summed E-state index contributed by atoms with van der Waals surface area (Å²) in [5, 5.41) is 11.1. The first kappa shape index (κ1) is 19.3. The fourth-order valence-electron chi connectivity index (χ4n) is 4.54. The Balaban J connectivity index is 1.72. The lowest BCUT2D eigenvalue weighted by Gasteiger charge is -2.30. The Bertz CT molecular complexity index is 1340. The summed E-state index contributed by atoms with van der Waals surface area (Å²) in [5.74, 6) is -1.02. The van der Waals surface area contributed by atoms with Gasteiger partial charge in [-0.1, -0.05) is 60.7 Å². The van der Waals surface area contributed by atoms with Crippen molar-refractivity contribution in [3.8, 4) is 5.69 Å². The molecule has 2 heterocycles. The van der Waals surface area contributed by atoms with Gasteiger partial charge in [-0.3, -0.25) is 14.3 Å². The Kier molecular flexibility index (Phi) is 4.88. The van der Waals surface area contributed by atoms with Gasteiger partial charge in [0.25, 0.3) is 5.56 Å². The van der Waals surface area contributed by atoms with Crippen LogP contribution in [0.2, 0.25) is 0 Å². The summed E-state index contributed by atoms with van der Waals surface area (Å²) < 4.78 is 1.58. The maximum absolute atomic E-state index is 13.5. The first-order valence-corrected chi connectivity index (χ1v) is 10.4. The summed E-state index contributed by atoms with van der Waals surface area (Å²) in [5.41, 5.74) is 3.77. The summed E-state index contributed by atoms with van der Waals surface area (Å²) in [6.07, 6.45) is 0.904. The van der Waals surface area contributed by atoms with Crippen LogP contribution in [-0.4, -0.2) is 27.1 Å². The average Bonchev–Trinajstić information content (AvgIpc) is 2.80. The molecule has 5 heteroatoms. The molecule has 0 fully saturated rings. The Morgan fingerprint density at radius 1 is 0.839 bits per heavy atom. The van der Waals surface area contributed by atoms with Crippen LogP contribution in [0.5, 0.6) is 0 Å². The van der Waals surface area contributed by atoms with E-state index < -0.39 is 5.97 Å². The van der Waals surface area contributed by atoms with Gasteiger partial charge in [0, 0.05) is 36.1 Å². The zero-order valence-corrected chi connectivity index (χ0v) is 17.0. The van der Waals surface area contributed by atoms with Gasteiger partial charge in [0.1, 0.15) is 0 Å². The zero-order chi connectivity index (χ0) is 21.4. The van der Waals surface area contributed by atoms with E-state index in [0.717, 1.165) is 19.5 Å². The molecule has 0 amide bonds. The summed E-state index contributed by atoms with van der Waals surface area (Å²) >= 11 is 0. The van der Waals surface area contributed by atoms with Crippen molar-refractivity contribution < 1.29 is 9.90 Å². The lowest BCUT2D eigenvalue weighted by atomic mass is 9.98. The van der Waals surface area contributed by atoms with E-state index >= 15 is 0 Å². The Morgan fingerprint density at radius 2 is 1.48 bits per heavy atom. The molecule has 0 bridgehead atoms. The standard InChI is InChI=1S/C26H22N2O3/c29-25-22-13-7-6-12-21(22)24(26(30)31)23(28(25)20-10-2-1-3-11-20)17-27-15-14-18-8-4-5-9-19(18)16-27/h1-13H,14-17H2,(H,30,31). The molecule has 1 aliphatic rings. The van der Waals surface area contributed by atoms with Gasteiger partial charge in [-0.05, 0) is 35.7 Å². The molecule has 1 aromatic heterocycles. The third-order valence-electron chi connectivity index (χ3n) is 6.00. The van der Waals surface area contributed by atoms with E-state index in [9.17, 15) is 14.7 Å². The third kappa shape index (κ3) is 3.43. The number of para-hydroxylation sites is 1. The van der Waals surface area contributed by atoms with Crippen LogP contribution in [0, 0.1) is 0 Å². The van der Waals surface area contributed by atoms with Crippen molar-refractivity contribution in [2.45, 2.75) is 19.5 Å².